The highest BCUT2D eigenvalue weighted by molar-refractivity contribution is 7.89. The molecule has 2 N–H and O–H groups in total. The average molecular weight is 317 g/mol. The molecule has 1 heterocycles. The fourth-order valence-electron chi connectivity index (χ4n) is 2.46. The summed E-state index contributed by atoms with van der Waals surface area (Å²) < 4.78 is 39.9. The standard InChI is InChI=1S/C12H16FN3O4S/c13-11-7-10(4-5-12(11)16(17)18)21(19,20)15-6-2-1-3-9(15)8-14/h4-5,7,9H,1-3,6,8,14H2. The van der Waals surface area contributed by atoms with Crippen molar-refractivity contribution in [1.29, 1.82) is 0 Å². The molecule has 9 heteroatoms. The van der Waals surface area contributed by atoms with Crippen LogP contribution in [0.4, 0.5) is 10.1 Å². The van der Waals surface area contributed by atoms with Crippen molar-refractivity contribution in [2.75, 3.05) is 13.1 Å². The quantitative estimate of drug-likeness (QED) is 0.664. The maximum Gasteiger partial charge on any atom is 0.304 e. The van der Waals surface area contributed by atoms with Crippen LogP contribution in [0.1, 0.15) is 19.3 Å². The lowest BCUT2D eigenvalue weighted by molar-refractivity contribution is -0.387. The molecule has 0 radical (unpaired) electrons. The molecule has 0 bridgehead atoms. The summed E-state index contributed by atoms with van der Waals surface area (Å²) in [6.45, 7) is 0.511. The van der Waals surface area contributed by atoms with E-state index in [-0.39, 0.29) is 17.5 Å². The summed E-state index contributed by atoms with van der Waals surface area (Å²) in [5, 5.41) is 10.6. The Morgan fingerprint density at radius 2 is 2.14 bits per heavy atom. The summed E-state index contributed by atoms with van der Waals surface area (Å²) in [6, 6.07) is 2.29. The van der Waals surface area contributed by atoms with Crippen molar-refractivity contribution >= 4 is 15.7 Å². The number of hydrogen-bond donors (Lipinski definition) is 1. The highest BCUT2D eigenvalue weighted by Crippen LogP contribution is 2.27. The minimum Gasteiger partial charge on any atom is -0.329 e. The van der Waals surface area contributed by atoms with E-state index in [0.717, 1.165) is 18.6 Å². The molecule has 1 fully saturated rings. The normalized spacial score (nSPS) is 20.4. The number of benzene rings is 1. The number of rotatable bonds is 4. The highest BCUT2D eigenvalue weighted by Gasteiger charge is 2.33. The van der Waals surface area contributed by atoms with E-state index >= 15 is 0 Å². The SMILES string of the molecule is NCC1CCCCN1S(=O)(=O)c1ccc([N+](=O)[O-])c(F)c1. The second kappa shape index (κ2) is 6.04. The Morgan fingerprint density at radius 3 is 2.71 bits per heavy atom. The summed E-state index contributed by atoms with van der Waals surface area (Å²) in [4.78, 5) is 9.39. The van der Waals surface area contributed by atoms with E-state index in [2.05, 4.69) is 0 Å². The third kappa shape index (κ3) is 3.04. The number of hydrogen-bond acceptors (Lipinski definition) is 5. The Kier molecular flexibility index (Phi) is 4.55. The first kappa shape index (κ1) is 15.8. The molecular weight excluding hydrogens is 301 g/mol. The molecule has 116 valence electrons. The zero-order valence-corrected chi connectivity index (χ0v) is 12.1. The Hall–Kier alpha value is -1.58. The third-order valence-electron chi connectivity index (χ3n) is 3.57. The van der Waals surface area contributed by atoms with Crippen molar-refractivity contribution in [2.45, 2.75) is 30.2 Å². The van der Waals surface area contributed by atoms with E-state index in [1.54, 1.807) is 0 Å². The van der Waals surface area contributed by atoms with Crippen molar-refractivity contribution in [1.82, 2.24) is 4.31 Å². The third-order valence-corrected chi connectivity index (χ3v) is 5.52. The molecule has 0 amide bonds. The molecule has 1 unspecified atom stereocenters. The molecule has 0 spiro atoms. The van der Waals surface area contributed by atoms with Crippen LogP contribution in [-0.2, 0) is 10.0 Å². The Morgan fingerprint density at radius 1 is 1.43 bits per heavy atom. The van der Waals surface area contributed by atoms with Crippen LogP contribution in [0.5, 0.6) is 0 Å². The summed E-state index contributed by atoms with van der Waals surface area (Å²) >= 11 is 0. The van der Waals surface area contributed by atoms with Crippen LogP contribution in [0.15, 0.2) is 23.1 Å². The molecular formula is C12H16FN3O4S. The van der Waals surface area contributed by atoms with Gasteiger partial charge < -0.3 is 5.73 Å². The summed E-state index contributed by atoms with van der Waals surface area (Å²) in [7, 11) is -3.90. The number of nitro benzene ring substituents is 1. The number of sulfonamides is 1. The van der Waals surface area contributed by atoms with Crippen molar-refractivity contribution in [2.24, 2.45) is 5.73 Å². The maximum atomic E-state index is 13.6. The van der Waals surface area contributed by atoms with Gasteiger partial charge in [0.1, 0.15) is 0 Å². The molecule has 1 aliphatic rings. The molecule has 0 saturated carbocycles. The van der Waals surface area contributed by atoms with Gasteiger partial charge in [-0.05, 0) is 18.9 Å². The van der Waals surface area contributed by atoms with Gasteiger partial charge in [-0.1, -0.05) is 6.42 Å². The van der Waals surface area contributed by atoms with Gasteiger partial charge in [0.05, 0.1) is 9.82 Å². The van der Waals surface area contributed by atoms with Crippen LogP contribution in [-0.4, -0.2) is 36.8 Å². The molecule has 21 heavy (non-hydrogen) atoms. The number of nitro groups is 1. The van der Waals surface area contributed by atoms with Gasteiger partial charge in [0.2, 0.25) is 15.8 Å². The zero-order chi connectivity index (χ0) is 15.6. The van der Waals surface area contributed by atoms with E-state index in [9.17, 15) is 22.9 Å². The van der Waals surface area contributed by atoms with Gasteiger partial charge in [0.25, 0.3) is 0 Å². The number of piperidine rings is 1. The second-order valence-electron chi connectivity index (χ2n) is 4.87. The second-order valence-corrected chi connectivity index (χ2v) is 6.76. The van der Waals surface area contributed by atoms with Gasteiger partial charge in [-0.25, -0.2) is 8.42 Å². The molecule has 0 aliphatic carbocycles. The summed E-state index contributed by atoms with van der Waals surface area (Å²) in [5.74, 6) is -1.16. The van der Waals surface area contributed by atoms with Gasteiger partial charge in [-0.15, -0.1) is 0 Å². The van der Waals surface area contributed by atoms with Crippen molar-refractivity contribution in [3.63, 3.8) is 0 Å². The van der Waals surface area contributed by atoms with Crippen LogP contribution in [0, 0.1) is 15.9 Å². The zero-order valence-electron chi connectivity index (χ0n) is 11.2. The minimum absolute atomic E-state index is 0.189. The monoisotopic (exact) mass is 317 g/mol. The molecule has 1 atom stereocenters. The average Bonchev–Trinajstić information content (AvgIpc) is 2.46. The van der Waals surface area contributed by atoms with Crippen LogP contribution < -0.4 is 5.73 Å². The van der Waals surface area contributed by atoms with Gasteiger partial charge in [0.15, 0.2) is 0 Å². The van der Waals surface area contributed by atoms with E-state index in [4.69, 9.17) is 5.73 Å². The first-order valence-corrected chi connectivity index (χ1v) is 7.98. The summed E-state index contributed by atoms with van der Waals surface area (Å²) in [5.41, 5.74) is 4.85. The number of nitrogens with two attached hydrogens (primary N) is 1. The lowest BCUT2D eigenvalue weighted by Gasteiger charge is -2.33. The van der Waals surface area contributed by atoms with Crippen LogP contribution in [0.3, 0.4) is 0 Å². The van der Waals surface area contributed by atoms with E-state index in [1.165, 1.54) is 4.31 Å². The molecule has 7 nitrogen and oxygen atoms in total. The fraction of sp³-hybridized carbons (Fsp3) is 0.500. The van der Waals surface area contributed by atoms with E-state index < -0.39 is 26.5 Å². The predicted octanol–water partition coefficient (Wildman–Crippen LogP) is 1.24. The number of nitrogens with zero attached hydrogens (tertiary/aromatic N) is 2. The van der Waals surface area contributed by atoms with Gasteiger partial charge in [0, 0.05) is 31.3 Å². The van der Waals surface area contributed by atoms with Crippen molar-refractivity contribution in [3.05, 3.63) is 34.1 Å². The molecule has 0 aromatic heterocycles. The highest BCUT2D eigenvalue weighted by atomic mass is 32.2. The topological polar surface area (TPSA) is 107 Å². The Balaban J connectivity index is 2.39. The minimum atomic E-state index is -3.90. The molecule has 1 aromatic rings. The lowest BCUT2D eigenvalue weighted by Crippen LogP contribution is -2.47. The fourth-order valence-corrected chi connectivity index (χ4v) is 4.17. The maximum absolute atomic E-state index is 13.6. The van der Waals surface area contributed by atoms with E-state index in [1.807, 2.05) is 0 Å². The number of halogens is 1. The van der Waals surface area contributed by atoms with Crippen molar-refractivity contribution < 1.29 is 17.7 Å². The first-order chi connectivity index (χ1) is 9.87. The van der Waals surface area contributed by atoms with E-state index in [0.29, 0.717) is 25.5 Å². The van der Waals surface area contributed by atoms with Crippen LogP contribution in [0.2, 0.25) is 0 Å². The van der Waals surface area contributed by atoms with Crippen LogP contribution >= 0.6 is 0 Å². The molecule has 2 rings (SSSR count). The Bertz CT molecular complexity index is 650. The van der Waals surface area contributed by atoms with Crippen LogP contribution in [0.25, 0.3) is 0 Å². The smallest absolute Gasteiger partial charge is 0.304 e. The van der Waals surface area contributed by atoms with Gasteiger partial charge in [-0.3, -0.25) is 10.1 Å². The lowest BCUT2D eigenvalue weighted by atomic mass is 10.1. The Labute approximate surface area is 121 Å². The summed E-state index contributed by atoms with van der Waals surface area (Å²) in [6.07, 6.45) is 2.26. The molecule has 1 aliphatic heterocycles. The molecule has 1 aromatic carbocycles. The largest absolute Gasteiger partial charge is 0.329 e. The first-order valence-electron chi connectivity index (χ1n) is 6.53. The van der Waals surface area contributed by atoms with Gasteiger partial charge in [-0.2, -0.15) is 8.70 Å². The molecule has 1 saturated heterocycles. The van der Waals surface area contributed by atoms with Crippen molar-refractivity contribution in [3.8, 4) is 0 Å². The van der Waals surface area contributed by atoms with Gasteiger partial charge >= 0.3 is 5.69 Å². The predicted molar refractivity (Wildman–Crippen MR) is 73.6 cm³/mol.